The Hall–Kier alpha value is -3.40. The van der Waals surface area contributed by atoms with Gasteiger partial charge in [0.1, 0.15) is 0 Å². The smallest absolute Gasteiger partial charge is 0.255 e. The van der Waals surface area contributed by atoms with E-state index in [0.717, 1.165) is 5.56 Å². The Balaban J connectivity index is 1.63. The van der Waals surface area contributed by atoms with Gasteiger partial charge in [-0.15, -0.1) is 0 Å². The van der Waals surface area contributed by atoms with E-state index in [4.69, 9.17) is 4.42 Å². The molecule has 0 saturated heterocycles. The van der Waals surface area contributed by atoms with Crippen LogP contribution < -0.4 is 5.32 Å². The molecule has 0 atom stereocenters. The van der Waals surface area contributed by atoms with Gasteiger partial charge in [-0.25, -0.2) is 0 Å². The van der Waals surface area contributed by atoms with Crippen molar-refractivity contribution in [2.24, 2.45) is 0 Å². The maximum atomic E-state index is 12.1. The Morgan fingerprint density at radius 2 is 1.62 bits per heavy atom. The SMILES string of the molecule is O=C(Nc1ccc(/C=C/C(=O)c2ccco2)cc1)c1ccccc1. The fraction of sp³-hybridized carbons (Fsp3) is 0. The molecule has 0 radical (unpaired) electrons. The fourth-order valence-corrected chi connectivity index (χ4v) is 2.14. The van der Waals surface area contributed by atoms with E-state index in [1.54, 1.807) is 42.5 Å². The van der Waals surface area contributed by atoms with Gasteiger partial charge >= 0.3 is 0 Å². The number of hydrogen-bond donors (Lipinski definition) is 1. The molecule has 0 bridgehead atoms. The van der Waals surface area contributed by atoms with Gasteiger partial charge in [0.25, 0.3) is 5.91 Å². The van der Waals surface area contributed by atoms with Crippen LogP contribution in [0, 0.1) is 0 Å². The second kappa shape index (κ2) is 7.24. The van der Waals surface area contributed by atoms with Gasteiger partial charge in [-0.05, 0) is 48.0 Å². The quantitative estimate of drug-likeness (QED) is 0.559. The minimum Gasteiger partial charge on any atom is -0.461 e. The summed E-state index contributed by atoms with van der Waals surface area (Å²) in [6, 6.07) is 19.5. The number of carbonyl (C=O) groups is 2. The molecule has 0 aliphatic heterocycles. The van der Waals surface area contributed by atoms with Crippen molar-refractivity contribution in [3.63, 3.8) is 0 Å². The van der Waals surface area contributed by atoms with Crippen molar-refractivity contribution in [1.29, 1.82) is 0 Å². The van der Waals surface area contributed by atoms with Crippen LogP contribution in [0.25, 0.3) is 6.08 Å². The molecular weight excluding hydrogens is 302 g/mol. The van der Waals surface area contributed by atoms with Crippen LogP contribution in [0.2, 0.25) is 0 Å². The lowest BCUT2D eigenvalue weighted by molar-refractivity contribution is 0.101. The first-order chi connectivity index (χ1) is 11.7. The van der Waals surface area contributed by atoms with Gasteiger partial charge in [0, 0.05) is 11.3 Å². The standard InChI is InChI=1S/C20H15NO3/c22-18(19-7-4-14-24-19)13-10-15-8-11-17(12-9-15)21-20(23)16-5-2-1-3-6-16/h1-14H,(H,21,23)/b13-10+. The van der Waals surface area contributed by atoms with Crippen LogP contribution in [0.5, 0.6) is 0 Å². The number of benzene rings is 2. The highest BCUT2D eigenvalue weighted by atomic mass is 16.3. The van der Waals surface area contributed by atoms with E-state index in [-0.39, 0.29) is 11.7 Å². The van der Waals surface area contributed by atoms with Gasteiger partial charge in [-0.2, -0.15) is 0 Å². The lowest BCUT2D eigenvalue weighted by Crippen LogP contribution is -2.11. The van der Waals surface area contributed by atoms with Crippen molar-refractivity contribution < 1.29 is 14.0 Å². The summed E-state index contributed by atoms with van der Waals surface area (Å²) in [5, 5.41) is 2.83. The molecule has 1 amide bonds. The second-order valence-electron chi connectivity index (χ2n) is 5.12. The Morgan fingerprint density at radius 1 is 0.875 bits per heavy atom. The maximum absolute atomic E-state index is 12.1. The van der Waals surface area contributed by atoms with Crippen molar-refractivity contribution in [3.05, 3.63) is 96.0 Å². The largest absolute Gasteiger partial charge is 0.461 e. The zero-order chi connectivity index (χ0) is 16.8. The molecule has 0 spiro atoms. The minimum atomic E-state index is -0.193. The molecule has 3 aromatic rings. The summed E-state index contributed by atoms with van der Waals surface area (Å²) in [6.07, 6.45) is 4.62. The Kier molecular flexibility index (Phi) is 4.68. The van der Waals surface area contributed by atoms with Crippen molar-refractivity contribution in [3.8, 4) is 0 Å². The first-order valence-corrected chi connectivity index (χ1v) is 7.45. The summed E-state index contributed by atoms with van der Waals surface area (Å²) in [6.45, 7) is 0. The highest BCUT2D eigenvalue weighted by molar-refractivity contribution is 6.05. The number of amides is 1. The fourth-order valence-electron chi connectivity index (χ4n) is 2.14. The minimum absolute atomic E-state index is 0.160. The topological polar surface area (TPSA) is 59.3 Å². The number of hydrogen-bond acceptors (Lipinski definition) is 3. The number of rotatable bonds is 5. The highest BCUT2D eigenvalue weighted by Gasteiger charge is 2.05. The van der Waals surface area contributed by atoms with E-state index in [1.165, 1.54) is 12.3 Å². The van der Waals surface area contributed by atoms with Gasteiger partial charge < -0.3 is 9.73 Å². The lowest BCUT2D eigenvalue weighted by atomic mass is 10.1. The number of allylic oxidation sites excluding steroid dienone is 1. The van der Waals surface area contributed by atoms with Crippen LogP contribution in [-0.4, -0.2) is 11.7 Å². The molecule has 1 heterocycles. The number of carbonyl (C=O) groups excluding carboxylic acids is 2. The Morgan fingerprint density at radius 3 is 2.29 bits per heavy atom. The summed E-state index contributed by atoms with van der Waals surface area (Å²) in [5.41, 5.74) is 2.15. The van der Waals surface area contributed by atoms with Gasteiger partial charge in [-0.3, -0.25) is 9.59 Å². The molecule has 0 aliphatic carbocycles. The number of ketones is 1. The summed E-state index contributed by atoms with van der Waals surface area (Å²) >= 11 is 0. The maximum Gasteiger partial charge on any atom is 0.255 e. The molecule has 0 unspecified atom stereocenters. The summed E-state index contributed by atoms with van der Waals surface area (Å²) in [5.74, 6) is -0.0497. The van der Waals surface area contributed by atoms with E-state index in [0.29, 0.717) is 17.0 Å². The van der Waals surface area contributed by atoms with Crippen LogP contribution in [0.4, 0.5) is 5.69 Å². The normalized spacial score (nSPS) is 10.7. The van der Waals surface area contributed by atoms with E-state index >= 15 is 0 Å². The van der Waals surface area contributed by atoms with E-state index in [2.05, 4.69) is 5.32 Å². The zero-order valence-electron chi connectivity index (χ0n) is 12.8. The summed E-state index contributed by atoms with van der Waals surface area (Å²) < 4.78 is 5.04. The third kappa shape index (κ3) is 3.87. The summed E-state index contributed by atoms with van der Waals surface area (Å²) in [4.78, 5) is 23.9. The number of furan rings is 1. The van der Waals surface area contributed by atoms with Crippen molar-refractivity contribution in [1.82, 2.24) is 0 Å². The molecule has 1 N–H and O–H groups in total. The Labute approximate surface area is 139 Å². The van der Waals surface area contributed by atoms with Crippen molar-refractivity contribution >= 4 is 23.5 Å². The van der Waals surface area contributed by atoms with Gasteiger partial charge in [0.2, 0.25) is 5.78 Å². The molecule has 4 heteroatoms. The molecule has 1 aromatic heterocycles. The molecule has 0 fully saturated rings. The van der Waals surface area contributed by atoms with Crippen molar-refractivity contribution in [2.45, 2.75) is 0 Å². The van der Waals surface area contributed by atoms with Gasteiger partial charge in [-0.1, -0.05) is 36.4 Å². The molecule has 3 rings (SSSR count). The monoisotopic (exact) mass is 317 g/mol. The van der Waals surface area contributed by atoms with Crippen LogP contribution in [0.3, 0.4) is 0 Å². The second-order valence-corrected chi connectivity index (χ2v) is 5.12. The zero-order valence-corrected chi connectivity index (χ0v) is 12.8. The first kappa shape index (κ1) is 15.5. The average Bonchev–Trinajstić information content (AvgIpc) is 3.16. The molecular formula is C20H15NO3. The van der Waals surface area contributed by atoms with Crippen LogP contribution in [-0.2, 0) is 0 Å². The molecule has 2 aromatic carbocycles. The van der Waals surface area contributed by atoms with E-state index in [9.17, 15) is 9.59 Å². The third-order valence-electron chi connectivity index (χ3n) is 3.40. The average molecular weight is 317 g/mol. The van der Waals surface area contributed by atoms with Crippen LogP contribution >= 0.6 is 0 Å². The Bertz CT molecular complexity index is 848. The number of nitrogens with one attached hydrogen (secondary N) is 1. The first-order valence-electron chi connectivity index (χ1n) is 7.45. The predicted molar refractivity (Wildman–Crippen MR) is 92.9 cm³/mol. The number of anilines is 1. The van der Waals surface area contributed by atoms with Gasteiger partial charge in [0.15, 0.2) is 5.76 Å². The molecule has 118 valence electrons. The van der Waals surface area contributed by atoms with Gasteiger partial charge in [0.05, 0.1) is 6.26 Å². The molecule has 0 saturated carbocycles. The van der Waals surface area contributed by atoms with Crippen LogP contribution in [0.15, 0.2) is 83.5 Å². The summed E-state index contributed by atoms with van der Waals surface area (Å²) in [7, 11) is 0. The lowest BCUT2D eigenvalue weighted by Gasteiger charge is -2.05. The molecule has 24 heavy (non-hydrogen) atoms. The predicted octanol–water partition coefficient (Wildman–Crippen LogP) is 4.43. The van der Waals surface area contributed by atoms with E-state index in [1.807, 2.05) is 30.3 Å². The van der Waals surface area contributed by atoms with Crippen LogP contribution in [0.1, 0.15) is 26.5 Å². The highest BCUT2D eigenvalue weighted by Crippen LogP contribution is 2.13. The third-order valence-corrected chi connectivity index (χ3v) is 3.40. The molecule has 4 nitrogen and oxygen atoms in total. The molecule has 0 aliphatic rings. The van der Waals surface area contributed by atoms with E-state index < -0.39 is 0 Å². The van der Waals surface area contributed by atoms with Crippen molar-refractivity contribution in [2.75, 3.05) is 5.32 Å².